The minimum absolute atomic E-state index is 0.0240. The van der Waals surface area contributed by atoms with Crippen LogP contribution in [0.25, 0.3) is 0 Å². The van der Waals surface area contributed by atoms with Gasteiger partial charge in [0.25, 0.3) is 0 Å². The number of aliphatic hydroxyl groups excluding tert-OH is 2. The number of carbonyl (C=O) groups excluding carboxylic acids is 2. The summed E-state index contributed by atoms with van der Waals surface area (Å²) >= 11 is 0. The fourth-order valence-electron chi connectivity index (χ4n) is 13.7. The zero-order valence-electron chi connectivity index (χ0n) is 63.3. The van der Waals surface area contributed by atoms with Gasteiger partial charge in [0.15, 0.2) is 0 Å². The van der Waals surface area contributed by atoms with E-state index in [0.717, 1.165) is 44.9 Å². The number of unbranched alkanes of at least 4 members (excludes halogenated alkanes) is 66. The number of hydrogen-bond acceptors (Lipinski definition) is 5. The Morgan fingerprint density at radius 2 is 0.538 bits per heavy atom. The molecule has 6 nitrogen and oxygen atoms in total. The Hall–Kier alpha value is -1.92. The highest BCUT2D eigenvalue weighted by molar-refractivity contribution is 5.76. The quantitative estimate of drug-likeness (QED) is 0.0320. The van der Waals surface area contributed by atoms with Gasteiger partial charge in [-0.15, -0.1) is 0 Å². The van der Waals surface area contributed by atoms with Gasteiger partial charge < -0.3 is 20.3 Å². The lowest BCUT2D eigenvalue weighted by molar-refractivity contribution is -0.143. The molecule has 0 radical (unpaired) electrons. The van der Waals surface area contributed by atoms with Crippen molar-refractivity contribution in [3.8, 4) is 0 Å². The molecule has 2 unspecified atom stereocenters. The minimum Gasteiger partial charge on any atom is -0.466 e. The van der Waals surface area contributed by atoms with E-state index in [1.807, 2.05) is 6.08 Å². The molecule has 0 heterocycles. The number of amides is 1. The Morgan fingerprint density at radius 3 is 0.817 bits per heavy atom. The van der Waals surface area contributed by atoms with Crippen molar-refractivity contribution in [3.05, 3.63) is 36.5 Å². The van der Waals surface area contributed by atoms with E-state index in [1.165, 1.54) is 411 Å². The molecular formula is C87H167NO5. The van der Waals surface area contributed by atoms with Gasteiger partial charge in [0.1, 0.15) is 0 Å². The van der Waals surface area contributed by atoms with Gasteiger partial charge in [0.05, 0.1) is 25.4 Å². The molecule has 0 aromatic rings. The molecule has 0 rings (SSSR count). The van der Waals surface area contributed by atoms with Gasteiger partial charge in [-0.3, -0.25) is 9.59 Å². The van der Waals surface area contributed by atoms with Crippen molar-refractivity contribution in [2.45, 2.75) is 495 Å². The van der Waals surface area contributed by atoms with Crippen molar-refractivity contribution in [2.75, 3.05) is 13.2 Å². The second kappa shape index (κ2) is 82.5. The van der Waals surface area contributed by atoms with E-state index in [2.05, 4.69) is 43.5 Å². The summed E-state index contributed by atoms with van der Waals surface area (Å²) in [5, 5.41) is 23.3. The number of allylic oxidation sites excluding steroid dienone is 5. The molecule has 0 saturated heterocycles. The second-order valence-electron chi connectivity index (χ2n) is 29.5. The van der Waals surface area contributed by atoms with Crippen LogP contribution in [0, 0.1) is 0 Å². The van der Waals surface area contributed by atoms with Gasteiger partial charge in [-0.05, 0) is 64.2 Å². The van der Waals surface area contributed by atoms with E-state index < -0.39 is 12.1 Å². The highest BCUT2D eigenvalue weighted by Crippen LogP contribution is 2.20. The third-order valence-corrected chi connectivity index (χ3v) is 20.2. The smallest absolute Gasteiger partial charge is 0.305 e. The summed E-state index contributed by atoms with van der Waals surface area (Å²) in [5.41, 5.74) is 0. The highest BCUT2D eigenvalue weighted by Gasteiger charge is 2.18. The maximum Gasteiger partial charge on any atom is 0.305 e. The minimum atomic E-state index is -0.844. The van der Waals surface area contributed by atoms with Crippen LogP contribution >= 0.6 is 0 Å². The Balaban J connectivity index is 3.37. The third kappa shape index (κ3) is 79.0. The Labute approximate surface area is 583 Å². The fourth-order valence-corrected chi connectivity index (χ4v) is 13.7. The van der Waals surface area contributed by atoms with Crippen LogP contribution in [0.15, 0.2) is 36.5 Å². The SMILES string of the molecule is CCCCCCCCCCCCCCCCCCCCC/C=C/C(O)C(CO)NC(=O)CCCCCCCCCCCCCCCCCCC/C=C\C/C=C\CCCCCCCCCCCCCCCOC(=O)CCCCCCCCCCCCCCCCCCCC. The van der Waals surface area contributed by atoms with E-state index in [-0.39, 0.29) is 18.5 Å². The first-order valence-corrected chi connectivity index (χ1v) is 42.8. The summed E-state index contributed by atoms with van der Waals surface area (Å²) in [6.07, 6.45) is 109. The van der Waals surface area contributed by atoms with Crippen LogP contribution < -0.4 is 5.32 Å². The first-order valence-electron chi connectivity index (χ1n) is 42.8. The molecule has 3 N–H and O–H groups in total. The number of carbonyl (C=O) groups is 2. The van der Waals surface area contributed by atoms with Gasteiger partial charge in [-0.2, -0.15) is 0 Å². The van der Waals surface area contributed by atoms with Crippen LogP contribution in [0.1, 0.15) is 483 Å². The van der Waals surface area contributed by atoms with Gasteiger partial charge in [0.2, 0.25) is 5.91 Å². The van der Waals surface area contributed by atoms with Crippen LogP contribution in [0.2, 0.25) is 0 Å². The van der Waals surface area contributed by atoms with Crippen molar-refractivity contribution in [3.63, 3.8) is 0 Å². The maximum atomic E-state index is 12.5. The second-order valence-corrected chi connectivity index (χ2v) is 29.5. The van der Waals surface area contributed by atoms with Crippen LogP contribution in [-0.2, 0) is 14.3 Å². The van der Waals surface area contributed by atoms with Crippen molar-refractivity contribution in [1.82, 2.24) is 5.32 Å². The van der Waals surface area contributed by atoms with E-state index in [0.29, 0.717) is 19.4 Å². The molecule has 2 atom stereocenters. The molecule has 6 heteroatoms. The Bertz CT molecular complexity index is 1510. The van der Waals surface area contributed by atoms with Crippen molar-refractivity contribution in [2.24, 2.45) is 0 Å². The summed E-state index contributed by atoms with van der Waals surface area (Å²) < 4.78 is 5.52. The first kappa shape index (κ1) is 91.1. The molecule has 0 spiro atoms. The third-order valence-electron chi connectivity index (χ3n) is 20.2. The van der Waals surface area contributed by atoms with Crippen LogP contribution in [0.3, 0.4) is 0 Å². The van der Waals surface area contributed by atoms with Crippen molar-refractivity contribution in [1.29, 1.82) is 0 Å². The average Bonchev–Trinajstić information content (AvgIpc) is 3.78. The lowest BCUT2D eigenvalue weighted by Gasteiger charge is -2.20. The molecule has 0 fully saturated rings. The zero-order chi connectivity index (χ0) is 67.0. The summed E-state index contributed by atoms with van der Waals surface area (Å²) in [6.45, 7) is 4.97. The number of hydrogen-bond donors (Lipinski definition) is 3. The summed E-state index contributed by atoms with van der Waals surface area (Å²) in [4.78, 5) is 24.7. The van der Waals surface area contributed by atoms with Gasteiger partial charge in [-0.1, -0.05) is 442 Å². The number of esters is 1. The van der Waals surface area contributed by atoms with Gasteiger partial charge in [0, 0.05) is 12.8 Å². The first-order chi connectivity index (χ1) is 46.0. The number of rotatable bonds is 81. The molecule has 550 valence electrons. The monoisotopic (exact) mass is 1310 g/mol. The van der Waals surface area contributed by atoms with Gasteiger partial charge >= 0.3 is 5.97 Å². The number of ether oxygens (including phenoxy) is 1. The summed E-state index contributed by atoms with van der Waals surface area (Å²) in [5.74, 6) is -0.0365. The Kier molecular flexibility index (Phi) is 80.8. The molecular weight excluding hydrogens is 1140 g/mol. The van der Waals surface area contributed by atoms with Crippen molar-refractivity contribution < 1.29 is 24.5 Å². The molecule has 0 saturated carbocycles. The zero-order valence-corrected chi connectivity index (χ0v) is 63.3. The van der Waals surface area contributed by atoms with Crippen LogP contribution in [0.5, 0.6) is 0 Å². The van der Waals surface area contributed by atoms with E-state index in [9.17, 15) is 19.8 Å². The standard InChI is InChI=1S/C87H167NO5/c1-3-5-7-9-11-13-15-17-19-21-23-41-44-47-51-55-59-63-67-71-75-79-85(90)84(83-89)88-86(91)80-76-72-68-64-60-56-52-48-45-42-39-37-35-33-31-29-27-25-24-26-28-30-32-34-36-38-40-43-46-50-54-58-62-66-70-74-78-82-93-87(92)81-77-73-69-65-61-57-53-49-22-20-18-16-14-12-10-8-6-4-2/h24,26,30,32,75,79,84-85,89-90H,3-23,25,27-29,31,33-74,76-78,80-83H2,1-2H3,(H,88,91)/b26-24-,32-30-,79-75+. The highest BCUT2D eigenvalue weighted by atomic mass is 16.5. The Morgan fingerprint density at radius 1 is 0.301 bits per heavy atom. The molecule has 93 heavy (non-hydrogen) atoms. The molecule has 0 aliphatic heterocycles. The van der Waals surface area contributed by atoms with Gasteiger partial charge in [-0.25, -0.2) is 0 Å². The molecule has 0 aromatic carbocycles. The topological polar surface area (TPSA) is 95.9 Å². The summed E-state index contributed by atoms with van der Waals surface area (Å²) in [6, 6.07) is -0.627. The fraction of sp³-hybridized carbons (Fsp3) is 0.908. The normalized spacial score (nSPS) is 12.6. The molecule has 0 aliphatic rings. The maximum absolute atomic E-state index is 12.5. The van der Waals surface area contributed by atoms with E-state index in [4.69, 9.17) is 4.74 Å². The number of aliphatic hydroxyl groups is 2. The predicted octanol–water partition coefficient (Wildman–Crippen LogP) is 28.6. The van der Waals surface area contributed by atoms with E-state index >= 15 is 0 Å². The largest absolute Gasteiger partial charge is 0.466 e. The van der Waals surface area contributed by atoms with Crippen LogP contribution in [-0.4, -0.2) is 47.4 Å². The molecule has 1 amide bonds. The van der Waals surface area contributed by atoms with E-state index in [1.54, 1.807) is 6.08 Å². The molecule has 0 aliphatic carbocycles. The molecule has 0 aromatic heterocycles. The average molecular weight is 1310 g/mol. The molecule has 0 bridgehead atoms. The lowest BCUT2D eigenvalue weighted by Crippen LogP contribution is -2.45. The lowest BCUT2D eigenvalue weighted by atomic mass is 10.0. The van der Waals surface area contributed by atoms with Crippen molar-refractivity contribution >= 4 is 11.9 Å². The number of nitrogens with one attached hydrogen (secondary N) is 1. The summed E-state index contributed by atoms with van der Waals surface area (Å²) in [7, 11) is 0. The van der Waals surface area contributed by atoms with Crippen LogP contribution in [0.4, 0.5) is 0 Å². The predicted molar refractivity (Wildman–Crippen MR) is 412 cm³/mol.